The van der Waals surface area contributed by atoms with Gasteiger partial charge in [-0.3, -0.25) is 4.90 Å². The van der Waals surface area contributed by atoms with Gasteiger partial charge in [0.05, 0.1) is 25.9 Å². The number of aliphatic hydroxyl groups excluding tert-OH is 1. The van der Waals surface area contributed by atoms with Crippen molar-refractivity contribution in [3.63, 3.8) is 0 Å². The van der Waals surface area contributed by atoms with Gasteiger partial charge in [0.15, 0.2) is 0 Å². The molecule has 1 aliphatic rings. The van der Waals surface area contributed by atoms with Gasteiger partial charge in [-0.2, -0.15) is 0 Å². The quantitative estimate of drug-likeness (QED) is 0.629. The average Bonchev–Trinajstić information content (AvgIpc) is 2.15. The molecule has 1 unspecified atom stereocenters. The SMILES string of the molecule is CN(C)CCN1CCOCC1CO. The molecule has 0 bridgehead atoms. The maximum atomic E-state index is 9.09. The van der Waals surface area contributed by atoms with Crippen molar-refractivity contribution in [3.8, 4) is 0 Å². The lowest BCUT2D eigenvalue weighted by Gasteiger charge is -2.34. The van der Waals surface area contributed by atoms with Gasteiger partial charge in [-0.15, -0.1) is 0 Å². The predicted octanol–water partition coefficient (Wildman–Crippen LogP) is -0.759. The molecule has 1 heterocycles. The second kappa shape index (κ2) is 5.54. The molecule has 1 aliphatic heterocycles. The Kier molecular flexibility index (Phi) is 4.66. The van der Waals surface area contributed by atoms with E-state index in [0.717, 1.165) is 26.2 Å². The first-order valence-corrected chi connectivity index (χ1v) is 4.81. The summed E-state index contributed by atoms with van der Waals surface area (Å²) >= 11 is 0. The molecule has 78 valence electrons. The summed E-state index contributed by atoms with van der Waals surface area (Å²) in [6.07, 6.45) is 0. The van der Waals surface area contributed by atoms with Crippen LogP contribution in [0, 0.1) is 0 Å². The normalized spacial score (nSPS) is 25.4. The van der Waals surface area contributed by atoms with Crippen molar-refractivity contribution in [2.45, 2.75) is 6.04 Å². The molecule has 0 saturated carbocycles. The van der Waals surface area contributed by atoms with E-state index >= 15 is 0 Å². The van der Waals surface area contributed by atoms with Gasteiger partial charge < -0.3 is 14.7 Å². The van der Waals surface area contributed by atoms with E-state index < -0.39 is 0 Å². The number of hydrogen-bond donors (Lipinski definition) is 1. The van der Waals surface area contributed by atoms with Gasteiger partial charge in [-0.1, -0.05) is 0 Å². The zero-order valence-electron chi connectivity index (χ0n) is 8.57. The van der Waals surface area contributed by atoms with Crippen LogP contribution in [-0.4, -0.2) is 74.5 Å². The first-order chi connectivity index (χ1) is 6.24. The van der Waals surface area contributed by atoms with E-state index in [2.05, 4.69) is 23.9 Å². The molecule has 0 radical (unpaired) electrons. The highest BCUT2D eigenvalue weighted by atomic mass is 16.5. The minimum atomic E-state index is 0.202. The Morgan fingerprint density at radius 2 is 2.31 bits per heavy atom. The second-order valence-corrected chi connectivity index (χ2v) is 3.75. The summed E-state index contributed by atoms with van der Waals surface area (Å²) in [7, 11) is 4.13. The number of ether oxygens (including phenoxy) is 1. The topological polar surface area (TPSA) is 35.9 Å². The van der Waals surface area contributed by atoms with E-state index in [1.807, 2.05) is 0 Å². The summed E-state index contributed by atoms with van der Waals surface area (Å²) < 4.78 is 5.29. The number of morpholine rings is 1. The number of aliphatic hydroxyl groups is 1. The fourth-order valence-corrected chi connectivity index (χ4v) is 1.48. The molecule has 0 aromatic heterocycles. The smallest absolute Gasteiger partial charge is 0.0644 e. The van der Waals surface area contributed by atoms with Crippen molar-refractivity contribution in [3.05, 3.63) is 0 Å². The molecule has 1 N–H and O–H groups in total. The average molecular weight is 188 g/mol. The van der Waals surface area contributed by atoms with Crippen LogP contribution in [-0.2, 0) is 4.74 Å². The minimum Gasteiger partial charge on any atom is -0.395 e. The molecule has 0 spiro atoms. The van der Waals surface area contributed by atoms with Gasteiger partial charge in [0.2, 0.25) is 0 Å². The molecule has 13 heavy (non-hydrogen) atoms. The van der Waals surface area contributed by atoms with Crippen molar-refractivity contribution in [2.24, 2.45) is 0 Å². The van der Waals surface area contributed by atoms with Crippen LogP contribution < -0.4 is 0 Å². The summed E-state index contributed by atoms with van der Waals surface area (Å²) in [6, 6.07) is 0.202. The maximum Gasteiger partial charge on any atom is 0.0644 e. The van der Waals surface area contributed by atoms with Crippen LogP contribution in [0.3, 0.4) is 0 Å². The number of likely N-dealkylation sites (N-methyl/N-ethyl adjacent to an activating group) is 1. The van der Waals surface area contributed by atoms with Crippen LogP contribution in [0.5, 0.6) is 0 Å². The largest absolute Gasteiger partial charge is 0.395 e. The van der Waals surface area contributed by atoms with Gasteiger partial charge in [0.1, 0.15) is 0 Å². The first kappa shape index (κ1) is 10.9. The third-order valence-electron chi connectivity index (χ3n) is 2.39. The van der Waals surface area contributed by atoms with Gasteiger partial charge >= 0.3 is 0 Å². The Bertz CT molecular complexity index is 142. The molecule has 0 amide bonds. The van der Waals surface area contributed by atoms with Crippen LogP contribution in [0.15, 0.2) is 0 Å². The standard InChI is InChI=1S/C9H20N2O2/c1-10(2)3-4-11-5-6-13-8-9(11)7-12/h9,12H,3-8H2,1-2H3. The highest BCUT2D eigenvalue weighted by Crippen LogP contribution is 2.05. The van der Waals surface area contributed by atoms with E-state index in [4.69, 9.17) is 9.84 Å². The molecule has 1 fully saturated rings. The fourth-order valence-electron chi connectivity index (χ4n) is 1.48. The molecule has 0 aromatic rings. The highest BCUT2D eigenvalue weighted by molar-refractivity contribution is 4.74. The third-order valence-corrected chi connectivity index (χ3v) is 2.39. The van der Waals surface area contributed by atoms with Crippen molar-refractivity contribution < 1.29 is 9.84 Å². The Labute approximate surface area is 80.1 Å². The molecule has 4 heteroatoms. The number of hydrogen-bond acceptors (Lipinski definition) is 4. The molecular weight excluding hydrogens is 168 g/mol. The summed E-state index contributed by atoms with van der Waals surface area (Å²) in [6.45, 7) is 4.67. The fraction of sp³-hybridized carbons (Fsp3) is 1.00. The Hall–Kier alpha value is -0.160. The van der Waals surface area contributed by atoms with Crippen molar-refractivity contribution in [1.29, 1.82) is 0 Å². The summed E-state index contributed by atoms with van der Waals surface area (Å²) in [5.41, 5.74) is 0. The highest BCUT2D eigenvalue weighted by Gasteiger charge is 2.21. The first-order valence-electron chi connectivity index (χ1n) is 4.81. The minimum absolute atomic E-state index is 0.202. The van der Waals surface area contributed by atoms with Crippen molar-refractivity contribution in [1.82, 2.24) is 9.80 Å². The zero-order valence-corrected chi connectivity index (χ0v) is 8.57. The predicted molar refractivity (Wildman–Crippen MR) is 51.8 cm³/mol. The van der Waals surface area contributed by atoms with Crippen LogP contribution in [0.4, 0.5) is 0 Å². The van der Waals surface area contributed by atoms with E-state index in [0.29, 0.717) is 6.61 Å². The zero-order chi connectivity index (χ0) is 9.68. The lowest BCUT2D eigenvalue weighted by molar-refractivity contribution is -0.0289. The van der Waals surface area contributed by atoms with Crippen LogP contribution >= 0.6 is 0 Å². The maximum absolute atomic E-state index is 9.09. The van der Waals surface area contributed by atoms with Gasteiger partial charge in [-0.05, 0) is 14.1 Å². The number of nitrogens with zero attached hydrogens (tertiary/aromatic N) is 2. The van der Waals surface area contributed by atoms with Gasteiger partial charge in [0, 0.05) is 19.6 Å². The molecular formula is C9H20N2O2. The Morgan fingerprint density at radius 3 is 2.92 bits per heavy atom. The molecule has 1 saturated heterocycles. The monoisotopic (exact) mass is 188 g/mol. The summed E-state index contributed by atoms with van der Waals surface area (Å²) in [5.74, 6) is 0. The van der Waals surface area contributed by atoms with Crippen LogP contribution in [0.1, 0.15) is 0 Å². The molecule has 4 nitrogen and oxygen atoms in total. The van der Waals surface area contributed by atoms with E-state index in [-0.39, 0.29) is 12.6 Å². The number of rotatable bonds is 4. The van der Waals surface area contributed by atoms with Crippen LogP contribution in [0.25, 0.3) is 0 Å². The lowest BCUT2D eigenvalue weighted by atomic mass is 10.2. The Morgan fingerprint density at radius 1 is 1.54 bits per heavy atom. The van der Waals surface area contributed by atoms with Crippen molar-refractivity contribution in [2.75, 3.05) is 53.6 Å². The van der Waals surface area contributed by atoms with E-state index in [1.54, 1.807) is 0 Å². The van der Waals surface area contributed by atoms with Crippen molar-refractivity contribution >= 4 is 0 Å². The molecule has 0 aliphatic carbocycles. The second-order valence-electron chi connectivity index (χ2n) is 3.75. The van der Waals surface area contributed by atoms with Gasteiger partial charge in [0.25, 0.3) is 0 Å². The molecule has 0 aromatic carbocycles. The van der Waals surface area contributed by atoms with Crippen LogP contribution in [0.2, 0.25) is 0 Å². The Balaban J connectivity index is 2.27. The summed E-state index contributed by atoms with van der Waals surface area (Å²) in [5, 5.41) is 9.09. The summed E-state index contributed by atoms with van der Waals surface area (Å²) in [4.78, 5) is 4.45. The molecule has 1 rings (SSSR count). The van der Waals surface area contributed by atoms with E-state index in [1.165, 1.54) is 0 Å². The molecule has 1 atom stereocenters. The van der Waals surface area contributed by atoms with E-state index in [9.17, 15) is 0 Å². The van der Waals surface area contributed by atoms with Gasteiger partial charge in [-0.25, -0.2) is 0 Å². The third kappa shape index (κ3) is 3.60. The lowest BCUT2D eigenvalue weighted by Crippen LogP contribution is -2.49.